The molecule has 2 heterocycles. The van der Waals surface area contributed by atoms with Crippen LogP contribution in [-0.2, 0) is 6.54 Å². The van der Waals surface area contributed by atoms with E-state index in [0.717, 1.165) is 25.3 Å². The van der Waals surface area contributed by atoms with Crippen molar-refractivity contribution in [2.45, 2.75) is 38.3 Å². The molecule has 0 radical (unpaired) electrons. The van der Waals surface area contributed by atoms with Crippen LogP contribution >= 0.6 is 0 Å². The Bertz CT molecular complexity index is 427. The largest absolute Gasteiger partial charge is 0.493 e. The molecule has 0 aliphatic carbocycles. The molecule has 2 aliphatic rings. The number of fused-ring (bicyclic) bond motifs is 1. The molecule has 3 rings (SSSR count). The molecule has 1 atom stereocenters. The first-order valence-corrected chi connectivity index (χ1v) is 7.52. The van der Waals surface area contributed by atoms with Gasteiger partial charge in [-0.1, -0.05) is 18.6 Å². The molecule has 0 bridgehead atoms. The first-order chi connectivity index (χ1) is 9.36. The molecule has 2 aliphatic heterocycles. The van der Waals surface area contributed by atoms with E-state index in [0.29, 0.717) is 6.04 Å². The fourth-order valence-corrected chi connectivity index (χ4v) is 3.21. The minimum absolute atomic E-state index is 0.452. The Morgan fingerprint density at radius 3 is 2.89 bits per heavy atom. The van der Waals surface area contributed by atoms with Crippen LogP contribution in [0.2, 0.25) is 0 Å². The summed E-state index contributed by atoms with van der Waals surface area (Å²) in [4.78, 5) is 2.56. The van der Waals surface area contributed by atoms with E-state index in [-0.39, 0.29) is 0 Å². The van der Waals surface area contributed by atoms with Gasteiger partial charge in [-0.15, -0.1) is 0 Å². The summed E-state index contributed by atoms with van der Waals surface area (Å²) in [5.74, 6) is 1.08. The van der Waals surface area contributed by atoms with Crippen LogP contribution < -0.4 is 10.1 Å². The van der Waals surface area contributed by atoms with Gasteiger partial charge in [-0.3, -0.25) is 4.90 Å². The zero-order valence-corrected chi connectivity index (χ0v) is 11.8. The molecule has 3 heteroatoms. The van der Waals surface area contributed by atoms with E-state index in [1.807, 2.05) is 7.05 Å². The second kappa shape index (κ2) is 5.93. The highest BCUT2D eigenvalue weighted by atomic mass is 16.5. The van der Waals surface area contributed by atoms with Crippen LogP contribution in [0.5, 0.6) is 5.75 Å². The van der Waals surface area contributed by atoms with Crippen LogP contribution in [0.25, 0.3) is 0 Å². The monoisotopic (exact) mass is 260 g/mol. The van der Waals surface area contributed by atoms with Gasteiger partial charge in [-0.05, 0) is 44.6 Å². The van der Waals surface area contributed by atoms with Gasteiger partial charge in [-0.25, -0.2) is 0 Å². The number of ether oxygens (including phenoxy) is 1. The number of hydrogen-bond donors (Lipinski definition) is 1. The normalized spacial score (nSPS) is 23.7. The molecule has 1 unspecified atom stereocenters. The number of piperidine rings is 1. The number of nitrogens with zero attached hydrogens (tertiary/aromatic N) is 1. The maximum atomic E-state index is 5.83. The van der Waals surface area contributed by atoms with Gasteiger partial charge in [0.05, 0.1) is 6.61 Å². The van der Waals surface area contributed by atoms with Crippen molar-refractivity contribution in [3.8, 4) is 5.75 Å². The highest BCUT2D eigenvalue weighted by molar-refractivity contribution is 5.41. The predicted octanol–water partition coefficient (Wildman–Crippen LogP) is 2.72. The summed E-state index contributed by atoms with van der Waals surface area (Å²) < 4.78 is 5.83. The molecule has 19 heavy (non-hydrogen) atoms. The quantitative estimate of drug-likeness (QED) is 0.904. The lowest BCUT2D eigenvalue weighted by Gasteiger charge is -2.28. The Kier molecular flexibility index (Phi) is 4.04. The maximum Gasteiger partial charge on any atom is 0.124 e. The number of nitrogens with one attached hydrogen (secondary N) is 1. The number of likely N-dealkylation sites (tertiary alicyclic amines) is 1. The van der Waals surface area contributed by atoms with Gasteiger partial charge >= 0.3 is 0 Å². The van der Waals surface area contributed by atoms with Gasteiger partial charge in [0.1, 0.15) is 5.75 Å². The summed E-state index contributed by atoms with van der Waals surface area (Å²) >= 11 is 0. The second-order valence-corrected chi connectivity index (χ2v) is 5.69. The summed E-state index contributed by atoms with van der Waals surface area (Å²) in [6.07, 6.45) is 5.16. The number of benzene rings is 1. The van der Waals surface area contributed by atoms with E-state index in [1.54, 1.807) is 0 Å². The van der Waals surface area contributed by atoms with E-state index >= 15 is 0 Å². The Hall–Kier alpha value is -1.06. The first kappa shape index (κ1) is 12.9. The Labute approximate surface area is 115 Å². The molecular formula is C16H24N2O. The zero-order valence-electron chi connectivity index (χ0n) is 11.8. The molecule has 0 saturated carbocycles. The lowest BCUT2D eigenvalue weighted by Crippen LogP contribution is -2.29. The molecule has 1 saturated heterocycles. The third kappa shape index (κ3) is 2.93. The first-order valence-electron chi connectivity index (χ1n) is 7.52. The standard InChI is InChI=1S/C16H24N2O/c1-17-15-7-10-19-16-11-13(5-6-14(15)16)12-18-8-3-2-4-9-18/h5-6,11,15,17H,2-4,7-10,12H2,1H3. The van der Waals surface area contributed by atoms with Crippen LogP contribution in [0.1, 0.15) is 42.9 Å². The lowest BCUT2D eigenvalue weighted by atomic mass is 9.98. The Morgan fingerprint density at radius 1 is 1.26 bits per heavy atom. The molecule has 1 aromatic rings. The van der Waals surface area contributed by atoms with E-state index in [9.17, 15) is 0 Å². The molecule has 0 amide bonds. The Morgan fingerprint density at radius 2 is 2.11 bits per heavy atom. The molecule has 3 nitrogen and oxygen atoms in total. The van der Waals surface area contributed by atoms with E-state index in [4.69, 9.17) is 4.74 Å². The van der Waals surface area contributed by atoms with E-state index in [2.05, 4.69) is 28.4 Å². The minimum atomic E-state index is 0.452. The maximum absolute atomic E-state index is 5.83. The third-order valence-corrected chi connectivity index (χ3v) is 4.32. The van der Waals surface area contributed by atoms with Crippen molar-refractivity contribution < 1.29 is 4.74 Å². The summed E-state index contributed by atoms with van der Waals surface area (Å²) in [6.45, 7) is 4.39. The lowest BCUT2D eigenvalue weighted by molar-refractivity contribution is 0.219. The van der Waals surface area contributed by atoms with Gasteiger partial charge in [-0.2, -0.15) is 0 Å². The SMILES string of the molecule is CNC1CCOc2cc(CN3CCCCC3)ccc21. The molecule has 0 aromatic heterocycles. The van der Waals surface area contributed by atoms with Gasteiger partial charge in [0.2, 0.25) is 0 Å². The average Bonchev–Trinajstić information content (AvgIpc) is 2.47. The minimum Gasteiger partial charge on any atom is -0.493 e. The predicted molar refractivity (Wildman–Crippen MR) is 77.5 cm³/mol. The van der Waals surface area contributed by atoms with Crippen molar-refractivity contribution in [1.29, 1.82) is 0 Å². The highest BCUT2D eigenvalue weighted by Gasteiger charge is 2.20. The van der Waals surface area contributed by atoms with Gasteiger partial charge in [0.25, 0.3) is 0 Å². The molecule has 1 fully saturated rings. The summed E-state index contributed by atoms with van der Waals surface area (Å²) in [7, 11) is 2.03. The molecule has 104 valence electrons. The summed E-state index contributed by atoms with van der Waals surface area (Å²) in [5.41, 5.74) is 2.70. The van der Waals surface area contributed by atoms with Gasteiger partial charge < -0.3 is 10.1 Å². The van der Waals surface area contributed by atoms with Crippen molar-refractivity contribution in [3.05, 3.63) is 29.3 Å². The summed E-state index contributed by atoms with van der Waals surface area (Å²) in [6, 6.07) is 7.21. The number of rotatable bonds is 3. The molecule has 0 spiro atoms. The topological polar surface area (TPSA) is 24.5 Å². The van der Waals surface area contributed by atoms with Crippen LogP contribution in [0.4, 0.5) is 0 Å². The highest BCUT2D eigenvalue weighted by Crippen LogP contribution is 2.32. The Balaban J connectivity index is 1.73. The van der Waals surface area contributed by atoms with Crippen LogP contribution in [0, 0.1) is 0 Å². The smallest absolute Gasteiger partial charge is 0.124 e. The zero-order chi connectivity index (χ0) is 13.1. The van der Waals surface area contributed by atoms with Crippen LogP contribution in [0.15, 0.2) is 18.2 Å². The van der Waals surface area contributed by atoms with Gasteiger partial charge in [0, 0.05) is 24.6 Å². The second-order valence-electron chi connectivity index (χ2n) is 5.69. The molecule has 1 N–H and O–H groups in total. The van der Waals surface area contributed by atoms with Crippen molar-refractivity contribution in [1.82, 2.24) is 10.2 Å². The summed E-state index contributed by atoms with van der Waals surface area (Å²) in [5, 5.41) is 3.37. The third-order valence-electron chi connectivity index (χ3n) is 4.32. The van der Waals surface area contributed by atoms with Crippen molar-refractivity contribution in [2.75, 3.05) is 26.7 Å². The van der Waals surface area contributed by atoms with Gasteiger partial charge in [0.15, 0.2) is 0 Å². The van der Waals surface area contributed by atoms with Crippen molar-refractivity contribution in [3.63, 3.8) is 0 Å². The van der Waals surface area contributed by atoms with E-state index < -0.39 is 0 Å². The number of hydrogen-bond acceptors (Lipinski definition) is 3. The van der Waals surface area contributed by atoms with E-state index in [1.165, 1.54) is 43.5 Å². The fourth-order valence-electron chi connectivity index (χ4n) is 3.21. The van der Waals surface area contributed by atoms with Crippen molar-refractivity contribution in [2.24, 2.45) is 0 Å². The fraction of sp³-hybridized carbons (Fsp3) is 0.625. The van der Waals surface area contributed by atoms with Crippen molar-refractivity contribution >= 4 is 0 Å². The molecule has 1 aromatic carbocycles. The van der Waals surface area contributed by atoms with Crippen LogP contribution in [-0.4, -0.2) is 31.6 Å². The van der Waals surface area contributed by atoms with Crippen LogP contribution in [0.3, 0.4) is 0 Å². The molecular weight excluding hydrogens is 236 g/mol. The average molecular weight is 260 g/mol.